The number of nitrogens with one attached hydrogen (secondary N) is 1. The Morgan fingerprint density at radius 1 is 1.20 bits per heavy atom. The molecule has 4 nitrogen and oxygen atoms in total. The zero-order valence-electron chi connectivity index (χ0n) is 13.4. The van der Waals surface area contributed by atoms with Crippen molar-refractivity contribution in [1.29, 1.82) is 0 Å². The topological polar surface area (TPSA) is 43.4 Å². The van der Waals surface area contributed by atoms with Crippen LogP contribution in [0.15, 0.2) is 18.3 Å². The van der Waals surface area contributed by atoms with E-state index in [9.17, 15) is 0 Å². The minimum Gasteiger partial charge on any atom is -0.490 e. The highest BCUT2D eigenvalue weighted by Gasteiger charge is 2.09. The van der Waals surface area contributed by atoms with Gasteiger partial charge in [0.25, 0.3) is 0 Å². The lowest BCUT2D eigenvalue weighted by Crippen LogP contribution is -2.22. The molecular formula is C16H28N2O2. The second-order valence-electron chi connectivity index (χ2n) is 6.32. The zero-order valence-corrected chi connectivity index (χ0v) is 13.4. The van der Waals surface area contributed by atoms with Crippen molar-refractivity contribution in [3.05, 3.63) is 24.0 Å². The largest absolute Gasteiger partial charge is 0.490 e. The molecule has 0 aliphatic heterocycles. The molecule has 0 saturated carbocycles. The summed E-state index contributed by atoms with van der Waals surface area (Å²) in [5.41, 5.74) is 0.914. The van der Waals surface area contributed by atoms with Crippen LogP contribution in [0.2, 0.25) is 0 Å². The average Bonchev–Trinajstić information content (AvgIpc) is 2.35. The Morgan fingerprint density at radius 3 is 2.50 bits per heavy atom. The number of hydrogen-bond donors (Lipinski definition) is 1. The van der Waals surface area contributed by atoms with Gasteiger partial charge in [0.1, 0.15) is 12.4 Å². The van der Waals surface area contributed by atoms with Crippen LogP contribution in [0.1, 0.15) is 40.3 Å². The van der Waals surface area contributed by atoms with Gasteiger partial charge in [-0.15, -0.1) is 0 Å². The molecule has 0 aliphatic rings. The van der Waals surface area contributed by atoms with Gasteiger partial charge >= 0.3 is 0 Å². The van der Waals surface area contributed by atoms with E-state index in [1.165, 1.54) is 0 Å². The molecule has 4 heteroatoms. The van der Waals surface area contributed by atoms with E-state index in [1.54, 1.807) is 6.20 Å². The van der Waals surface area contributed by atoms with Crippen LogP contribution < -0.4 is 10.1 Å². The van der Waals surface area contributed by atoms with E-state index in [-0.39, 0.29) is 5.60 Å². The van der Waals surface area contributed by atoms with E-state index in [4.69, 9.17) is 9.47 Å². The van der Waals surface area contributed by atoms with Gasteiger partial charge in [0.15, 0.2) is 0 Å². The maximum Gasteiger partial charge on any atom is 0.137 e. The highest BCUT2D eigenvalue weighted by molar-refractivity contribution is 5.19. The summed E-state index contributed by atoms with van der Waals surface area (Å²) in [4.78, 5) is 4.37. The molecule has 0 aromatic carbocycles. The Hall–Kier alpha value is -1.13. The maximum absolute atomic E-state index is 5.59. The van der Waals surface area contributed by atoms with Crippen LogP contribution in [0, 0.1) is 5.92 Å². The van der Waals surface area contributed by atoms with Crippen molar-refractivity contribution in [3.63, 3.8) is 0 Å². The first kappa shape index (κ1) is 16.9. The monoisotopic (exact) mass is 280 g/mol. The van der Waals surface area contributed by atoms with Crippen molar-refractivity contribution < 1.29 is 9.47 Å². The van der Waals surface area contributed by atoms with E-state index in [1.807, 2.05) is 32.9 Å². The van der Waals surface area contributed by atoms with Crippen molar-refractivity contribution in [3.8, 4) is 5.75 Å². The van der Waals surface area contributed by atoms with Crippen LogP contribution in [-0.4, -0.2) is 30.3 Å². The van der Waals surface area contributed by atoms with E-state index in [0.717, 1.165) is 24.5 Å². The fourth-order valence-electron chi connectivity index (χ4n) is 1.60. The first-order chi connectivity index (χ1) is 9.37. The maximum atomic E-state index is 5.59. The standard InChI is InChI=1S/C16H28N2O2/c1-13(2)10-17-11-14-6-7-15(12-18-14)19-8-9-20-16(3,4)5/h6-7,12-13,17H,8-11H2,1-5H3. The molecule has 1 aromatic heterocycles. The number of nitrogens with zero attached hydrogens (tertiary/aromatic N) is 1. The van der Waals surface area contributed by atoms with Crippen LogP contribution in [-0.2, 0) is 11.3 Å². The van der Waals surface area contributed by atoms with Gasteiger partial charge in [0, 0.05) is 6.54 Å². The molecule has 0 bridgehead atoms. The molecule has 1 aromatic rings. The number of rotatable bonds is 8. The van der Waals surface area contributed by atoms with Gasteiger partial charge in [0.05, 0.1) is 24.1 Å². The molecule has 20 heavy (non-hydrogen) atoms. The minimum atomic E-state index is -0.118. The van der Waals surface area contributed by atoms with Gasteiger partial charge < -0.3 is 14.8 Å². The van der Waals surface area contributed by atoms with E-state index in [2.05, 4.69) is 24.1 Å². The normalized spacial score (nSPS) is 11.9. The molecule has 0 fully saturated rings. The molecule has 1 rings (SSSR count). The summed E-state index contributed by atoms with van der Waals surface area (Å²) in [6, 6.07) is 3.95. The summed E-state index contributed by atoms with van der Waals surface area (Å²) in [6.07, 6.45) is 1.77. The van der Waals surface area contributed by atoms with Crippen molar-refractivity contribution >= 4 is 0 Å². The summed E-state index contributed by atoms with van der Waals surface area (Å²) in [6.45, 7) is 13.4. The van der Waals surface area contributed by atoms with E-state index >= 15 is 0 Å². The predicted molar refractivity (Wildman–Crippen MR) is 82.0 cm³/mol. The number of ether oxygens (including phenoxy) is 2. The fourth-order valence-corrected chi connectivity index (χ4v) is 1.60. The lowest BCUT2D eigenvalue weighted by Gasteiger charge is -2.19. The Morgan fingerprint density at radius 2 is 1.95 bits per heavy atom. The van der Waals surface area contributed by atoms with Gasteiger partial charge in [0.2, 0.25) is 0 Å². The first-order valence-corrected chi connectivity index (χ1v) is 7.29. The first-order valence-electron chi connectivity index (χ1n) is 7.29. The van der Waals surface area contributed by atoms with Gasteiger partial charge in [-0.2, -0.15) is 0 Å². The zero-order chi connectivity index (χ0) is 15.0. The smallest absolute Gasteiger partial charge is 0.137 e. The molecule has 0 saturated heterocycles. The van der Waals surface area contributed by atoms with Crippen LogP contribution >= 0.6 is 0 Å². The Bertz CT molecular complexity index is 369. The minimum absolute atomic E-state index is 0.118. The highest BCUT2D eigenvalue weighted by Crippen LogP contribution is 2.10. The molecule has 0 aliphatic carbocycles. The van der Waals surface area contributed by atoms with Crippen molar-refractivity contribution in [2.75, 3.05) is 19.8 Å². The van der Waals surface area contributed by atoms with Crippen LogP contribution in [0.25, 0.3) is 0 Å². The molecule has 0 amide bonds. The molecule has 1 N–H and O–H groups in total. The highest BCUT2D eigenvalue weighted by atomic mass is 16.5. The quantitative estimate of drug-likeness (QED) is 0.743. The number of pyridine rings is 1. The van der Waals surface area contributed by atoms with Crippen molar-refractivity contribution in [1.82, 2.24) is 10.3 Å². The average molecular weight is 280 g/mol. The van der Waals surface area contributed by atoms with Gasteiger partial charge in [-0.1, -0.05) is 13.8 Å². The van der Waals surface area contributed by atoms with Crippen LogP contribution in [0.4, 0.5) is 0 Å². The predicted octanol–water partition coefficient (Wildman–Crippen LogP) is 3.02. The number of hydrogen-bond acceptors (Lipinski definition) is 4. The Balaban J connectivity index is 2.25. The molecule has 0 unspecified atom stereocenters. The lowest BCUT2D eigenvalue weighted by atomic mass is 10.2. The van der Waals surface area contributed by atoms with Crippen molar-refractivity contribution in [2.45, 2.75) is 46.8 Å². The summed E-state index contributed by atoms with van der Waals surface area (Å²) >= 11 is 0. The third kappa shape index (κ3) is 8.12. The Labute approximate surface area is 122 Å². The summed E-state index contributed by atoms with van der Waals surface area (Å²) in [7, 11) is 0. The van der Waals surface area contributed by atoms with E-state index in [0.29, 0.717) is 19.1 Å². The SMILES string of the molecule is CC(C)CNCc1ccc(OCCOC(C)(C)C)cn1. The molecule has 1 heterocycles. The summed E-state index contributed by atoms with van der Waals surface area (Å²) < 4.78 is 11.2. The molecular weight excluding hydrogens is 252 g/mol. The third-order valence-electron chi connectivity index (χ3n) is 2.54. The number of aromatic nitrogens is 1. The molecule has 0 radical (unpaired) electrons. The summed E-state index contributed by atoms with van der Waals surface area (Å²) in [5.74, 6) is 1.44. The second-order valence-corrected chi connectivity index (χ2v) is 6.32. The van der Waals surface area contributed by atoms with E-state index < -0.39 is 0 Å². The van der Waals surface area contributed by atoms with Gasteiger partial charge in [-0.05, 0) is 45.4 Å². The second kappa shape index (κ2) is 8.22. The van der Waals surface area contributed by atoms with Gasteiger partial charge in [-0.3, -0.25) is 4.98 Å². The Kier molecular flexibility index (Phi) is 6.96. The lowest BCUT2D eigenvalue weighted by molar-refractivity contribution is -0.0163. The van der Waals surface area contributed by atoms with Gasteiger partial charge in [-0.25, -0.2) is 0 Å². The van der Waals surface area contributed by atoms with Crippen LogP contribution in [0.5, 0.6) is 5.75 Å². The molecule has 114 valence electrons. The fraction of sp³-hybridized carbons (Fsp3) is 0.688. The van der Waals surface area contributed by atoms with Crippen LogP contribution in [0.3, 0.4) is 0 Å². The molecule has 0 spiro atoms. The third-order valence-corrected chi connectivity index (χ3v) is 2.54. The van der Waals surface area contributed by atoms with Crippen molar-refractivity contribution in [2.24, 2.45) is 5.92 Å². The molecule has 0 atom stereocenters. The summed E-state index contributed by atoms with van der Waals surface area (Å²) in [5, 5.41) is 3.37.